The van der Waals surface area contributed by atoms with Gasteiger partial charge in [-0.05, 0) is 57.8 Å². The minimum Gasteiger partial charge on any atom is -0.462 e. The van der Waals surface area contributed by atoms with Gasteiger partial charge in [-0.25, -0.2) is 4.57 Å². The average molecular weight is 812 g/mol. The van der Waals surface area contributed by atoms with Crippen molar-refractivity contribution >= 4 is 19.8 Å². The van der Waals surface area contributed by atoms with Gasteiger partial charge < -0.3 is 20.1 Å². The Bertz CT molecular complexity index is 1020. The van der Waals surface area contributed by atoms with Crippen LogP contribution in [0.4, 0.5) is 0 Å². The highest BCUT2D eigenvalue weighted by Crippen LogP contribution is 2.43. The number of ether oxygens (including phenoxy) is 2. The van der Waals surface area contributed by atoms with Gasteiger partial charge in [0.05, 0.1) is 13.2 Å². The van der Waals surface area contributed by atoms with Crippen LogP contribution >= 0.6 is 7.82 Å². The van der Waals surface area contributed by atoms with Crippen LogP contribution < -0.4 is 5.73 Å². The van der Waals surface area contributed by atoms with Gasteiger partial charge in [0.25, 0.3) is 0 Å². The summed E-state index contributed by atoms with van der Waals surface area (Å²) in [5.41, 5.74) is 5.34. The highest BCUT2D eigenvalue weighted by atomic mass is 31.2. The summed E-state index contributed by atoms with van der Waals surface area (Å²) in [5, 5.41) is 0. The summed E-state index contributed by atoms with van der Waals surface area (Å²) in [6.07, 6.45) is 47.7. The van der Waals surface area contributed by atoms with Crippen LogP contribution in [0.5, 0.6) is 0 Å². The van der Waals surface area contributed by atoms with Crippen LogP contribution in [-0.2, 0) is 32.7 Å². The van der Waals surface area contributed by atoms with Gasteiger partial charge >= 0.3 is 19.8 Å². The van der Waals surface area contributed by atoms with Crippen molar-refractivity contribution in [2.24, 2.45) is 5.73 Å². The number of allylic oxidation sites excluding steroid dienone is 6. The van der Waals surface area contributed by atoms with Crippen molar-refractivity contribution in [1.82, 2.24) is 0 Å². The predicted octanol–water partition coefficient (Wildman–Crippen LogP) is 13.3. The van der Waals surface area contributed by atoms with Crippen molar-refractivity contribution in [3.05, 3.63) is 36.5 Å². The zero-order valence-corrected chi connectivity index (χ0v) is 37.0. The fourth-order valence-corrected chi connectivity index (χ4v) is 7.09. The van der Waals surface area contributed by atoms with E-state index >= 15 is 0 Å². The lowest BCUT2D eigenvalue weighted by Crippen LogP contribution is -2.29. The van der Waals surface area contributed by atoms with Crippen molar-refractivity contribution in [1.29, 1.82) is 0 Å². The lowest BCUT2D eigenvalue weighted by Gasteiger charge is -2.19. The molecule has 0 aliphatic heterocycles. The summed E-state index contributed by atoms with van der Waals surface area (Å²) in [7, 11) is -4.39. The second-order valence-electron chi connectivity index (χ2n) is 15.3. The summed E-state index contributed by atoms with van der Waals surface area (Å²) in [4.78, 5) is 34.8. The minimum absolute atomic E-state index is 0.0452. The van der Waals surface area contributed by atoms with Crippen molar-refractivity contribution in [3.8, 4) is 0 Å². The van der Waals surface area contributed by atoms with E-state index < -0.39 is 32.5 Å². The van der Waals surface area contributed by atoms with E-state index in [2.05, 4.69) is 38.2 Å². The number of nitrogens with two attached hydrogens (primary N) is 1. The third kappa shape index (κ3) is 41.9. The third-order valence-electron chi connectivity index (χ3n) is 9.76. The summed E-state index contributed by atoms with van der Waals surface area (Å²) in [5.74, 6) is -0.908. The summed E-state index contributed by atoms with van der Waals surface area (Å²) in [6, 6.07) is 0. The fraction of sp³-hybridized carbons (Fsp3) is 0.826. The molecule has 2 atom stereocenters. The van der Waals surface area contributed by atoms with E-state index in [1.807, 2.05) is 12.2 Å². The molecule has 9 nitrogen and oxygen atoms in total. The summed E-state index contributed by atoms with van der Waals surface area (Å²) in [6.45, 7) is 3.67. The smallest absolute Gasteiger partial charge is 0.462 e. The third-order valence-corrected chi connectivity index (χ3v) is 10.7. The number of hydrogen-bond acceptors (Lipinski definition) is 8. The maximum absolute atomic E-state index is 12.5. The highest BCUT2D eigenvalue weighted by Gasteiger charge is 2.25. The Kier molecular flexibility index (Phi) is 41.5. The first kappa shape index (κ1) is 54.2. The Morgan fingerprint density at radius 2 is 0.964 bits per heavy atom. The Hall–Kier alpha value is -1.77. The zero-order valence-electron chi connectivity index (χ0n) is 36.1. The SMILES string of the molecule is CCCCCCCC/C=C/C/C=C/CCC(=O)OC(COC(=O)CCCCCCCCC/C=C/CCCCCCCCCCCCC)COP(=O)(O)OCCN. The molecule has 2 unspecified atom stereocenters. The van der Waals surface area contributed by atoms with Crippen LogP contribution in [0.15, 0.2) is 36.5 Å². The minimum atomic E-state index is -4.39. The fourth-order valence-electron chi connectivity index (χ4n) is 6.33. The van der Waals surface area contributed by atoms with E-state index in [0.717, 1.165) is 44.9 Å². The molecule has 0 fully saturated rings. The van der Waals surface area contributed by atoms with Crippen LogP contribution in [-0.4, -0.2) is 49.3 Å². The molecular weight excluding hydrogens is 725 g/mol. The van der Waals surface area contributed by atoms with Crippen molar-refractivity contribution in [2.75, 3.05) is 26.4 Å². The van der Waals surface area contributed by atoms with E-state index in [-0.39, 0.29) is 32.6 Å². The van der Waals surface area contributed by atoms with E-state index in [4.69, 9.17) is 24.3 Å². The number of unbranched alkanes of at least 4 members (excludes halogenated alkanes) is 24. The van der Waals surface area contributed by atoms with Crippen LogP contribution in [0.1, 0.15) is 213 Å². The molecule has 328 valence electrons. The highest BCUT2D eigenvalue weighted by molar-refractivity contribution is 7.47. The topological polar surface area (TPSA) is 134 Å². The molecule has 0 amide bonds. The number of hydrogen-bond donors (Lipinski definition) is 2. The van der Waals surface area contributed by atoms with Gasteiger partial charge in [0.1, 0.15) is 6.61 Å². The van der Waals surface area contributed by atoms with Gasteiger partial charge in [-0.1, -0.05) is 179 Å². The van der Waals surface area contributed by atoms with Crippen molar-refractivity contribution in [3.63, 3.8) is 0 Å². The van der Waals surface area contributed by atoms with Gasteiger partial charge in [-0.3, -0.25) is 18.6 Å². The van der Waals surface area contributed by atoms with Gasteiger partial charge in [0.2, 0.25) is 0 Å². The molecule has 0 heterocycles. The van der Waals surface area contributed by atoms with Gasteiger partial charge in [0.15, 0.2) is 6.10 Å². The Labute approximate surface area is 344 Å². The zero-order chi connectivity index (χ0) is 41.1. The number of esters is 2. The monoisotopic (exact) mass is 812 g/mol. The molecule has 0 aromatic heterocycles. The van der Waals surface area contributed by atoms with E-state index in [9.17, 15) is 19.0 Å². The summed E-state index contributed by atoms with van der Waals surface area (Å²) < 4.78 is 32.7. The molecule has 0 rings (SSSR count). The Balaban J connectivity index is 4.10. The number of carbonyl (C=O) groups is 2. The van der Waals surface area contributed by atoms with Crippen molar-refractivity contribution in [2.45, 2.75) is 219 Å². The number of carbonyl (C=O) groups excluding carboxylic acids is 2. The molecule has 0 aliphatic rings. The molecule has 0 bridgehead atoms. The van der Waals surface area contributed by atoms with Crippen LogP contribution in [0.3, 0.4) is 0 Å². The maximum atomic E-state index is 12.5. The normalized spacial score (nSPS) is 13.6. The largest absolute Gasteiger partial charge is 0.472 e. The van der Waals surface area contributed by atoms with Crippen LogP contribution in [0, 0.1) is 0 Å². The molecule has 0 saturated carbocycles. The second kappa shape index (κ2) is 42.8. The maximum Gasteiger partial charge on any atom is 0.472 e. The number of phosphoric acid groups is 1. The van der Waals surface area contributed by atoms with Gasteiger partial charge in [-0.2, -0.15) is 0 Å². The average Bonchev–Trinajstić information content (AvgIpc) is 3.18. The van der Waals surface area contributed by atoms with Crippen LogP contribution in [0.2, 0.25) is 0 Å². The quantitative estimate of drug-likeness (QED) is 0.0267. The first-order chi connectivity index (χ1) is 27.3. The van der Waals surface area contributed by atoms with Gasteiger partial charge in [0, 0.05) is 19.4 Å². The molecule has 0 spiro atoms. The molecule has 56 heavy (non-hydrogen) atoms. The van der Waals surface area contributed by atoms with E-state index in [1.165, 1.54) is 135 Å². The Morgan fingerprint density at radius 1 is 0.536 bits per heavy atom. The van der Waals surface area contributed by atoms with E-state index in [1.54, 1.807) is 0 Å². The molecule has 0 aromatic rings. The van der Waals surface area contributed by atoms with Crippen LogP contribution in [0.25, 0.3) is 0 Å². The molecule has 0 aliphatic carbocycles. The predicted molar refractivity (Wildman–Crippen MR) is 234 cm³/mol. The first-order valence-electron chi connectivity index (χ1n) is 23.0. The molecule has 10 heteroatoms. The molecule has 3 N–H and O–H groups in total. The van der Waals surface area contributed by atoms with Gasteiger partial charge in [-0.15, -0.1) is 0 Å². The molecule has 0 saturated heterocycles. The lowest BCUT2D eigenvalue weighted by atomic mass is 10.0. The number of rotatable bonds is 43. The Morgan fingerprint density at radius 3 is 1.45 bits per heavy atom. The number of phosphoric ester groups is 1. The van der Waals surface area contributed by atoms with Crippen molar-refractivity contribution < 1.29 is 37.6 Å². The standard InChI is InChI=1S/C46H86NO8P/c1-3-5-7-9-11-13-15-17-18-19-20-21-22-23-24-25-27-28-30-32-34-36-38-45(48)52-42-44(43-54-56(50,51)53-41-40-47)55-46(49)39-37-35-33-31-29-26-16-14-12-10-8-6-4-2/h22-23,26,29,33,35,44H,3-21,24-25,27-28,30-32,34,36-43,47H2,1-2H3,(H,50,51)/b23-22+,29-26+,35-33+. The molecule has 0 aromatic carbocycles. The lowest BCUT2D eigenvalue weighted by molar-refractivity contribution is -0.161. The first-order valence-corrected chi connectivity index (χ1v) is 24.5. The second-order valence-corrected chi connectivity index (χ2v) is 16.7. The summed E-state index contributed by atoms with van der Waals surface area (Å²) >= 11 is 0. The molecular formula is C46H86NO8P. The van der Waals surface area contributed by atoms with E-state index in [0.29, 0.717) is 6.42 Å². The molecule has 0 radical (unpaired) electrons.